The molecule has 0 bridgehead atoms. The average Bonchev–Trinajstić information content (AvgIpc) is 2.49. The van der Waals surface area contributed by atoms with Crippen LogP contribution in [0.5, 0.6) is 0 Å². The molecule has 1 fully saturated rings. The molecule has 2 heterocycles. The van der Waals surface area contributed by atoms with Gasteiger partial charge in [-0.1, -0.05) is 0 Å². The van der Waals surface area contributed by atoms with Crippen molar-refractivity contribution in [2.24, 2.45) is 0 Å². The molecule has 19 heavy (non-hydrogen) atoms. The predicted molar refractivity (Wildman–Crippen MR) is 69.0 cm³/mol. The fraction of sp³-hybridized carbons (Fsp3) is 0.583. The molecule has 7 nitrogen and oxygen atoms in total. The van der Waals surface area contributed by atoms with Crippen LogP contribution < -0.4 is 5.06 Å². The molecule has 1 atom stereocenters. The molecule has 1 aromatic rings. The number of hydroxylamine groups is 1. The molecule has 1 saturated heterocycles. The Labute approximate surface area is 111 Å². The van der Waals surface area contributed by atoms with Gasteiger partial charge in [0.05, 0.1) is 19.2 Å². The maximum atomic E-state index is 11.1. The Kier molecular flexibility index (Phi) is 3.84. The minimum absolute atomic E-state index is 0.175. The van der Waals surface area contributed by atoms with E-state index in [0.29, 0.717) is 31.3 Å². The standard InChI is InChI=1S/C12H18N4O3/c1-8-6-11(14-10(3)13-8)16-5-4-15(12(17)18)9(2)7-19-16/h6,9H,4-5,7H2,1-3H3,(H,17,18)/t9-/m1/s1. The van der Waals surface area contributed by atoms with E-state index < -0.39 is 6.09 Å². The summed E-state index contributed by atoms with van der Waals surface area (Å²) in [6.07, 6.45) is -0.923. The molecule has 0 aromatic carbocycles. The van der Waals surface area contributed by atoms with E-state index in [2.05, 4.69) is 9.97 Å². The van der Waals surface area contributed by atoms with Crippen LogP contribution in [0, 0.1) is 13.8 Å². The zero-order valence-electron chi connectivity index (χ0n) is 11.3. The first-order chi connectivity index (χ1) is 8.97. The molecular formula is C12H18N4O3. The normalized spacial score (nSPS) is 20.3. The fourth-order valence-corrected chi connectivity index (χ4v) is 2.06. The molecule has 0 unspecified atom stereocenters. The first-order valence-corrected chi connectivity index (χ1v) is 6.19. The minimum Gasteiger partial charge on any atom is -0.465 e. The van der Waals surface area contributed by atoms with Crippen molar-refractivity contribution in [2.75, 3.05) is 24.8 Å². The highest BCUT2D eigenvalue weighted by Gasteiger charge is 2.26. The largest absolute Gasteiger partial charge is 0.465 e. The van der Waals surface area contributed by atoms with Crippen LogP contribution in [0.25, 0.3) is 0 Å². The summed E-state index contributed by atoms with van der Waals surface area (Å²) in [6, 6.07) is 1.65. The van der Waals surface area contributed by atoms with Gasteiger partial charge in [0.1, 0.15) is 5.82 Å². The molecule has 0 radical (unpaired) electrons. The first kappa shape index (κ1) is 13.5. The van der Waals surface area contributed by atoms with Crippen molar-refractivity contribution in [3.05, 3.63) is 17.6 Å². The quantitative estimate of drug-likeness (QED) is 0.823. The average molecular weight is 266 g/mol. The SMILES string of the molecule is Cc1cc(N2CCN(C(=O)O)[C@H](C)CO2)nc(C)n1. The highest BCUT2D eigenvalue weighted by Crippen LogP contribution is 2.16. The summed E-state index contributed by atoms with van der Waals surface area (Å²) in [4.78, 5) is 26.6. The maximum absolute atomic E-state index is 11.1. The lowest BCUT2D eigenvalue weighted by molar-refractivity contribution is 0.0825. The molecular weight excluding hydrogens is 248 g/mol. The smallest absolute Gasteiger partial charge is 0.407 e. The van der Waals surface area contributed by atoms with E-state index in [0.717, 1.165) is 5.69 Å². The summed E-state index contributed by atoms with van der Waals surface area (Å²) in [6.45, 7) is 6.69. The Hall–Kier alpha value is -1.89. The summed E-state index contributed by atoms with van der Waals surface area (Å²) in [7, 11) is 0. The van der Waals surface area contributed by atoms with Crippen LogP contribution in [0.2, 0.25) is 0 Å². The Morgan fingerprint density at radius 3 is 2.79 bits per heavy atom. The van der Waals surface area contributed by atoms with E-state index in [4.69, 9.17) is 9.94 Å². The van der Waals surface area contributed by atoms with E-state index in [-0.39, 0.29) is 6.04 Å². The van der Waals surface area contributed by atoms with Gasteiger partial charge in [-0.25, -0.2) is 19.8 Å². The van der Waals surface area contributed by atoms with E-state index in [1.165, 1.54) is 4.90 Å². The van der Waals surface area contributed by atoms with Gasteiger partial charge in [-0.3, -0.25) is 4.84 Å². The van der Waals surface area contributed by atoms with Gasteiger partial charge in [0.15, 0.2) is 5.82 Å². The number of anilines is 1. The van der Waals surface area contributed by atoms with Crippen LogP contribution >= 0.6 is 0 Å². The number of carbonyl (C=O) groups is 1. The molecule has 1 aromatic heterocycles. The Bertz CT molecular complexity index is 460. The van der Waals surface area contributed by atoms with Crippen LogP contribution in [0.15, 0.2) is 6.07 Å². The summed E-state index contributed by atoms with van der Waals surface area (Å²) < 4.78 is 0. The van der Waals surface area contributed by atoms with Gasteiger partial charge in [0.25, 0.3) is 0 Å². The van der Waals surface area contributed by atoms with Crippen molar-refractivity contribution >= 4 is 11.9 Å². The Morgan fingerprint density at radius 2 is 2.16 bits per heavy atom. The van der Waals surface area contributed by atoms with Crippen LogP contribution in [0.1, 0.15) is 18.4 Å². The number of hydrogen-bond donors (Lipinski definition) is 1. The second-order valence-electron chi connectivity index (χ2n) is 4.64. The minimum atomic E-state index is -0.923. The number of rotatable bonds is 1. The maximum Gasteiger partial charge on any atom is 0.407 e. The Morgan fingerprint density at radius 1 is 1.42 bits per heavy atom. The number of hydrogen-bond acceptors (Lipinski definition) is 5. The third-order valence-electron chi connectivity index (χ3n) is 3.00. The van der Waals surface area contributed by atoms with Gasteiger partial charge in [-0.05, 0) is 20.8 Å². The zero-order chi connectivity index (χ0) is 14.0. The monoisotopic (exact) mass is 266 g/mol. The number of carboxylic acid groups (broad SMARTS) is 1. The second kappa shape index (κ2) is 5.40. The van der Waals surface area contributed by atoms with E-state index in [1.54, 1.807) is 5.06 Å². The molecule has 1 N–H and O–H groups in total. The molecule has 104 valence electrons. The van der Waals surface area contributed by atoms with Crippen LogP contribution in [0.4, 0.5) is 10.6 Å². The molecule has 7 heteroatoms. The van der Waals surface area contributed by atoms with E-state index in [1.807, 2.05) is 26.8 Å². The van der Waals surface area contributed by atoms with Crippen molar-refractivity contribution < 1.29 is 14.7 Å². The lowest BCUT2D eigenvalue weighted by Gasteiger charge is -2.21. The van der Waals surface area contributed by atoms with Gasteiger partial charge in [0, 0.05) is 18.3 Å². The van der Waals surface area contributed by atoms with E-state index in [9.17, 15) is 4.79 Å². The van der Waals surface area contributed by atoms with Gasteiger partial charge in [0.2, 0.25) is 0 Å². The van der Waals surface area contributed by atoms with Gasteiger partial charge in [-0.2, -0.15) is 0 Å². The Balaban J connectivity index is 2.16. The van der Waals surface area contributed by atoms with Crippen molar-refractivity contribution in [3.8, 4) is 0 Å². The highest BCUT2D eigenvalue weighted by atomic mass is 16.7. The highest BCUT2D eigenvalue weighted by molar-refractivity contribution is 5.65. The number of nitrogens with zero attached hydrogens (tertiary/aromatic N) is 4. The third kappa shape index (κ3) is 3.11. The lowest BCUT2D eigenvalue weighted by atomic mass is 10.3. The summed E-state index contributed by atoms with van der Waals surface area (Å²) >= 11 is 0. The molecule has 0 aliphatic carbocycles. The third-order valence-corrected chi connectivity index (χ3v) is 3.00. The molecule has 1 aliphatic rings. The summed E-state index contributed by atoms with van der Waals surface area (Å²) in [5, 5.41) is 10.7. The molecule has 0 spiro atoms. The molecule has 2 rings (SSSR count). The summed E-state index contributed by atoms with van der Waals surface area (Å²) in [5.74, 6) is 1.34. The predicted octanol–water partition coefficient (Wildman–Crippen LogP) is 1.21. The van der Waals surface area contributed by atoms with Gasteiger partial charge >= 0.3 is 6.09 Å². The van der Waals surface area contributed by atoms with Crippen molar-refractivity contribution in [1.82, 2.24) is 14.9 Å². The van der Waals surface area contributed by atoms with E-state index >= 15 is 0 Å². The second-order valence-corrected chi connectivity index (χ2v) is 4.64. The summed E-state index contributed by atoms with van der Waals surface area (Å²) in [5.41, 5.74) is 0.860. The van der Waals surface area contributed by atoms with Crippen molar-refractivity contribution in [3.63, 3.8) is 0 Å². The van der Waals surface area contributed by atoms with Crippen LogP contribution in [0.3, 0.4) is 0 Å². The first-order valence-electron chi connectivity index (χ1n) is 6.19. The van der Waals surface area contributed by atoms with Crippen LogP contribution in [-0.4, -0.2) is 51.8 Å². The van der Waals surface area contributed by atoms with Crippen molar-refractivity contribution in [2.45, 2.75) is 26.8 Å². The van der Waals surface area contributed by atoms with Crippen molar-refractivity contribution in [1.29, 1.82) is 0 Å². The number of amides is 1. The zero-order valence-corrected chi connectivity index (χ0v) is 11.3. The topological polar surface area (TPSA) is 78.8 Å². The lowest BCUT2D eigenvalue weighted by Crippen LogP contribution is -2.40. The number of aromatic nitrogens is 2. The number of aryl methyl sites for hydroxylation is 2. The molecule has 0 saturated carbocycles. The molecule has 1 amide bonds. The fourth-order valence-electron chi connectivity index (χ4n) is 2.06. The molecule has 1 aliphatic heterocycles. The van der Waals surface area contributed by atoms with Gasteiger partial charge < -0.3 is 10.0 Å². The van der Waals surface area contributed by atoms with Crippen LogP contribution in [-0.2, 0) is 4.84 Å². The van der Waals surface area contributed by atoms with Gasteiger partial charge in [-0.15, -0.1) is 0 Å².